The summed E-state index contributed by atoms with van der Waals surface area (Å²) in [5.74, 6) is -1.10. The minimum Gasteiger partial charge on any atom is -0.355 e. The Morgan fingerprint density at radius 1 is 1.14 bits per heavy atom. The lowest BCUT2D eigenvalue weighted by atomic mass is 10.1. The Labute approximate surface area is 140 Å². The van der Waals surface area contributed by atoms with Gasteiger partial charge in [0.1, 0.15) is 5.92 Å². The molecule has 1 radical (unpaired) electrons. The van der Waals surface area contributed by atoms with Gasteiger partial charge in [-0.15, -0.1) is 0 Å². The van der Waals surface area contributed by atoms with E-state index in [9.17, 15) is 9.59 Å². The molecular weight excluding hydrogens is 343 g/mol. The predicted molar refractivity (Wildman–Crippen MR) is 94.8 cm³/mol. The standard InChI is InChI=1S/C13H27Cl2N2O2Si2/c1-11(12(18)16-7-5-9-20(2)14)13(19)17-8-6-10-21(3,4)15/h11H,5-10H2,1-4H3,(H,16,18)(H,17,19). The van der Waals surface area contributed by atoms with Gasteiger partial charge in [-0.3, -0.25) is 9.59 Å². The molecular formula is C13H27Cl2N2O2Si2. The van der Waals surface area contributed by atoms with Gasteiger partial charge < -0.3 is 10.6 Å². The monoisotopic (exact) mass is 369 g/mol. The largest absolute Gasteiger partial charge is 0.355 e. The zero-order valence-electron chi connectivity index (χ0n) is 13.4. The van der Waals surface area contributed by atoms with Crippen molar-refractivity contribution >= 4 is 49.5 Å². The first-order chi connectivity index (χ1) is 9.63. The Kier molecular flexibility index (Phi) is 10.6. The fourth-order valence-electron chi connectivity index (χ4n) is 1.69. The number of rotatable bonds is 10. The Bertz CT molecular complexity index is 337. The van der Waals surface area contributed by atoms with E-state index in [1.165, 1.54) is 0 Å². The Balaban J connectivity index is 3.84. The number of amides is 2. The van der Waals surface area contributed by atoms with Gasteiger partial charge in [-0.05, 0) is 31.9 Å². The average molecular weight is 370 g/mol. The van der Waals surface area contributed by atoms with Crippen molar-refractivity contribution in [3.8, 4) is 0 Å². The van der Waals surface area contributed by atoms with Gasteiger partial charge in [-0.25, -0.2) is 0 Å². The van der Waals surface area contributed by atoms with E-state index < -0.39 is 21.4 Å². The maximum atomic E-state index is 11.8. The fourth-order valence-corrected chi connectivity index (χ4v) is 4.17. The summed E-state index contributed by atoms with van der Waals surface area (Å²) in [5, 5.41) is 5.57. The molecule has 0 aromatic rings. The van der Waals surface area contributed by atoms with Gasteiger partial charge in [0.2, 0.25) is 11.8 Å². The van der Waals surface area contributed by atoms with Gasteiger partial charge >= 0.3 is 0 Å². The third-order valence-corrected chi connectivity index (χ3v) is 6.75. The molecule has 2 N–H and O–H groups in total. The summed E-state index contributed by atoms with van der Waals surface area (Å²) >= 11 is 12.1. The van der Waals surface area contributed by atoms with Gasteiger partial charge in [-0.1, -0.05) is 19.6 Å². The van der Waals surface area contributed by atoms with Crippen LogP contribution in [0.25, 0.3) is 0 Å². The Morgan fingerprint density at radius 2 is 1.62 bits per heavy atom. The molecule has 8 heteroatoms. The first-order valence-corrected chi connectivity index (χ1v) is 14.8. The van der Waals surface area contributed by atoms with Crippen LogP contribution >= 0.6 is 22.2 Å². The molecule has 123 valence electrons. The van der Waals surface area contributed by atoms with Crippen LogP contribution in [-0.4, -0.2) is 40.4 Å². The molecule has 0 aliphatic heterocycles. The zero-order chi connectivity index (χ0) is 16.5. The second-order valence-electron chi connectivity index (χ2n) is 5.91. The molecule has 0 aromatic heterocycles. The lowest BCUT2D eigenvalue weighted by molar-refractivity contribution is -0.134. The van der Waals surface area contributed by atoms with E-state index in [1.807, 2.05) is 6.55 Å². The molecule has 0 fully saturated rings. The summed E-state index contributed by atoms with van der Waals surface area (Å²) in [6, 6.07) is 1.90. The first kappa shape index (κ1) is 21.0. The van der Waals surface area contributed by atoms with E-state index in [1.54, 1.807) is 6.92 Å². The van der Waals surface area contributed by atoms with Crippen LogP contribution in [0.4, 0.5) is 0 Å². The topological polar surface area (TPSA) is 58.2 Å². The summed E-state index contributed by atoms with van der Waals surface area (Å²) in [7, 11) is -2.34. The number of carbonyl (C=O) groups excluding carboxylic acids is 2. The van der Waals surface area contributed by atoms with Crippen LogP contribution in [0.3, 0.4) is 0 Å². The van der Waals surface area contributed by atoms with Gasteiger partial charge in [-0.2, -0.15) is 22.2 Å². The zero-order valence-corrected chi connectivity index (χ0v) is 16.9. The summed E-state index contributed by atoms with van der Waals surface area (Å²) in [6.07, 6.45) is 1.73. The molecule has 0 aliphatic carbocycles. The van der Waals surface area contributed by atoms with Crippen molar-refractivity contribution in [3.63, 3.8) is 0 Å². The third-order valence-electron chi connectivity index (χ3n) is 3.03. The van der Waals surface area contributed by atoms with E-state index in [0.717, 1.165) is 24.9 Å². The molecule has 0 rings (SSSR count). The van der Waals surface area contributed by atoms with Crippen LogP contribution in [0.5, 0.6) is 0 Å². The second-order valence-corrected chi connectivity index (χ2v) is 16.7. The summed E-state index contributed by atoms with van der Waals surface area (Å²) in [6.45, 7) is 8.97. The van der Waals surface area contributed by atoms with Crippen molar-refractivity contribution in [1.82, 2.24) is 10.6 Å². The Hall–Kier alpha value is -0.0462. The lowest BCUT2D eigenvalue weighted by Gasteiger charge is -2.15. The molecule has 0 bridgehead atoms. The molecule has 4 nitrogen and oxygen atoms in total. The van der Waals surface area contributed by atoms with Crippen molar-refractivity contribution in [2.24, 2.45) is 5.92 Å². The summed E-state index contributed by atoms with van der Waals surface area (Å²) in [4.78, 5) is 23.7. The van der Waals surface area contributed by atoms with Crippen LogP contribution in [0.2, 0.25) is 31.7 Å². The van der Waals surface area contributed by atoms with E-state index >= 15 is 0 Å². The summed E-state index contributed by atoms with van der Waals surface area (Å²) in [5.41, 5.74) is 0. The molecule has 0 spiro atoms. The molecule has 21 heavy (non-hydrogen) atoms. The Morgan fingerprint density at radius 3 is 2.05 bits per heavy atom. The SMILES string of the molecule is CC(C(=O)NCCC[Si](C)Cl)C(=O)NCCC[Si](C)(C)Cl. The van der Waals surface area contributed by atoms with Crippen LogP contribution in [-0.2, 0) is 9.59 Å². The van der Waals surface area contributed by atoms with E-state index in [0.29, 0.717) is 13.1 Å². The highest BCUT2D eigenvalue weighted by Crippen LogP contribution is 2.15. The number of nitrogens with one attached hydrogen (secondary N) is 2. The molecule has 1 unspecified atom stereocenters. The molecule has 0 aromatic carbocycles. The van der Waals surface area contributed by atoms with Crippen molar-refractivity contribution < 1.29 is 9.59 Å². The van der Waals surface area contributed by atoms with Crippen LogP contribution < -0.4 is 10.6 Å². The number of halogens is 2. The summed E-state index contributed by atoms with van der Waals surface area (Å²) < 4.78 is 0. The number of hydrogen-bond acceptors (Lipinski definition) is 2. The van der Waals surface area contributed by atoms with Crippen LogP contribution in [0, 0.1) is 5.92 Å². The van der Waals surface area contributed by atoms with Gasteiger partial charge in [0.25, 0.3) is 0 Å². The van der Waals surface area contributed by atoms with Crippen LogP contribution in [0.15, 0.2) is 0 Å². The maximum absolute atomic E-state index is 11.8. The first-order valence-electron chi connectivity index (χ1n) is 7.36. The normalized spacial score (nSPS) is 13.1. The third kappa shape index (κ3) is 12.2. The van der Waals surface area contributed by atoms with Gasteiger partial charge in [0.05, 0.1) is 0 Å². The molecule has 1 atom stereocenters. The van der Waals surface area contributed by atoms with Gasteiger partial charge in [0, 0.05) is 13.1 Å². The minimum atomic E-state index is -1.58. The smallest absolute Gasteiger partial charge is 0.232 e. The number of carbonyl (C=O) groups is 2. The molecule has 2 amide bonds. The average Bonchev–Trinajstić information content (AvgIpc) is 2.37. The highest BCUT2D eigenvalue weighted by Gasteiger charge is 2.21. The highest BCUT2D eigenvalue weighted by molar-refractivity contribution is 7.19. The van der Waals surface area contributed by atoms with Crippen molar-refractivity contribution in [2.45, 2.75) is 51.5 Å². The van der Waals surface area contributed by atoms with E-state index in [4.69, 9.17) is 22.2 Å². The molecule has 0 heterocycles. The van der Waals surface area contributed by atoms with Crippen molar-refractivity contribution in [2.75, 3.05) is 13.1 Å². The van der Waals surface area contributed by atoms with E-state index in [2.05, 4.69) is 23.7 Å². The second kappa shape index (κ2) is 10.6. The molecule has 0 aliphatic rings. The van der Waals surface area contributed by atoms with Crippen LogP contribution in [0.1, 0.15) is 19.8 Å². The minimum absolute atomic E-state index is 0.223. The fraction of sp³-hybridized carbons (Fsp3) is 0.846. The highest BCUT2D eigenvalue weighted by atomic mass is 35.6. The van der Waals surface area contributed by atoms with Gasteiger partial charge in [0.15, 0.2) is 15.5 Å². The quantitative estimate of drug-likeness (QED) is 0.269. The van der Waals surface area contributed by atoms with Crippen molar-refractivity contribution in [1.29, 1.82) is 0 Å². The number of hydrogen-bond donors (Lipinski definition) is 2. The predicted octanol–water partition coefficient (Wildman–Crippen LogP) is 2.94. The lowest BCUT2D eigenvalue weighted by Crippen LogP contribution is -2.40. The van der Waals surface area contributed by atoms with E-state index in [-0.39, 0.29) is 11.8 Å². The maximum Gasteiger partial charge on any atom is 0.232 e. The van der Waals surface area contributed by atoms with Crippen molar-refractivity contribution in [3.05, 3.63) is 0 Å². The molecule has 0 saturated heterocycles. The molecule has 0 saturated carbocycles.